The number of nitrogens with zero attached hydrogens (tertiary/aromatic N) is 1. The molecule has 2 aromatic carbocycles. The van der Waals surface area contributed by atoms with Gasteiger partial charge in [-0.3, -0.25) is 4.79 Å². The van der Waals surface area contributed by atoms with Gasteiger partial charge in [-0.2, -0.15) is 0 Å². The van der Waals surface area contributed by atoms with Gasteiger partial charge in [-0.25, -0.2) is 9.37 Å². The maximum atomic E-state index is 13.8. The second-order valence-corrected chi connectivity index (χ2v) is 7.82. The van der Waals surface area contributed by atoms with Crippen LogP contribution in [-0.4, -0.2) is 10.9 Å². The number of aromatic nitrogens is 1. The topological polar surface area (TPSA) is 54.0 Å². The van der Waals surface area contributed by atoms with Crippen molar-refractivity contribution in [3.05, 3.63) is 59.7 Å². The van der Waals surface area contributed by atoms with E-state index in [1.54, 1.807) is 18.2 Å². The molecular formula is C23H26FN3OS. The number of rotatable bonds is 9. The molecule has 4 nitrogen and oxygen atoms in total. The lowest BCUT2D eigenvalue weighted by Crippen LogP contribution is -2.22. The minimum Gasteiger partial charge on any atom is -0.329 e. The third kappa shape index (κ3) is 5.64. The lowest BCUT2D eigenvalue weighted by Gasteiger charge is -2.15. The minimum absolute atomic E-state index is 0.0365. The van der Waals surface area contributed by atoms with Crippen molar-refractivity contribution in [1.29, 1.82) is 0 Å². The number of unbranched alkanes of at least 4 members (excludes halogenated alkanes) is 1. The second-order valence-electron chi connectivity index (χ2n) is 6.96. The molecule has 0 aliphatic heterocycles. The quantitative estimate of drug-likeness (QED) is 0.405. The first kappa shape index (κ1) is 21.0. The number of carbonyl (C=O) groups excluding carboxylic acids is 1. The summed E-state index contributed by atoms with van der Waals surface area (Å²) in [6, 6.07) is 14.2. The normalized spacial score (nSPS) is 11.8. The molecule has 0 fully saturated rings. The second kappa shape index (κ2) is 10.2. The number of anilines is 3. The maximum absolute atomic E-state index is 13.8. The Bertz CT molecular complexity index is 957. The van der Waals surface area contributed by atoms with Gasteiger partial charge in [0.25, 0.3) is 0 Å². The molecular weight excluding hydrogens is 385 g/mol. The molecule has 0 saturated carbocycles. The van der Waals surface area contributed by atoms with Crippen LogP contribution in [0.3, 0.4) is 0 Å². The fraction of sp³-hybridized carbons (Fsp3) is 0.304. The van der Waals surface area contributed by atoms with Crippen LogP contribution in [0.2, 0.25) is 0 Å². The van der Waals surface area contributed by atoms with Crippen molar-refractivity contribution >= 4 is 33.8 Å². The highest BCUT2D eigenvalue weighted by Gasteiger charge is 2.16. The maximum Gasteiger partial charge on any atom is 0.227 e. The van der Waals surface area contributed by atoms with Gasteiger partial charge in [-0.15, -0.1) is 11.3 Å². The van der Waals surface area contributed by atoms with E-state index in [1.807, 2.05) is 29.6 Å². The Morgan fingerprint density at radius 1 is 1.17 bits per heavy atom. The van der Waals surface area contributed by atoms with E-state index in [4.69, 9.17) is 0 Å². The third-order valence-corrected chi connectivity index (χ3v) is 5.57. The molecule has 6 heteroatoms. The smallest absolute Gasteiger partial charge is 0.227 e. The summed E-state index contributed by atoms with van der Waals surface area (Å²) in [6.07, 6.45) is 3.90. The molecule has 0 unspecified atom stereocenters. The highest BCUT2D eigenvalue weighted by Crippen LogP contribution is 2.29. The van der Waals surface area contributed by atoms with E-state index in [0.29, 0.717) is 10.8 Å². The van der Waals surface area contributed by atoms with Gasteiger partial charge in [0.05, 0.1) is 11.4 Å². The van der Waals surface area contributed by atoms with Crippen LogP contribution in [0, 0.1) is 11.7 Å². The van der Waals surface area contributed by atoms with E-state index in [-0.39, 0.29) is 17.6 Å². The molecule has 0 aliphatic carbocycles. The van der Waals surface area contributed by atoms with E-state index in [0.717, 1.165) is 42.6 Å². The molecule has 0 radical (unpaired) electrons. The van der Waals surface area contributed by atoms with Crippen LogP contribution in [0.1, 0.15) is 39.5 Å². The molecule has 1 heterocycles. The molecule has 1 atom stereocenters. The van der Waals surface area contributed by atoms with E-state index < -0.39 is 0 Å². The first-order chi connectivity index (χ1) is 14.1. The molecule has 1 amide bonds. The largest absolute Gasteiger partial charge is 0.329 e. The van der Waals surface area contributed by atoms with Gasteiger partial charge in [-0.1, -0.05) is 51.0 Å². The SMILES string of the molecule is CCCC[C@H](CC)C(=O)Nc1cccc(-c2csc(Nc3ccccc3F)n2)c1. The number of halogens is 1. The molecule has 3 aromatic rings. The molecule has 0 bridgehead atoms. The summed E-state index contributed by atoms with van der Waals surface area (Å²) in [5.74, 6) is -0.213. The first-order valence-electron chi connectivity index (χ1n) is 9.99. The molecule has 29 heavy (non-hydrogen) atoms. The average molecular weight is 412 g/mol. The summed E-state index contributed by atoms with van der Waals surface area (Å²) in [5.41, 5.74) is 2.84. The van der Waals surface area contributed by atoms with E-state index >= 15 is 0 Å². The van der Waals surface area contributed by atoms with E-state index in [2.05, 4.69) is 29.5 Å². The number of para-hydroxylation sites is 1. The van der Waals surface area contributed by atoms with Crippen molar-refractivity contribution in [1.82, 2.24) is 4.98 Å². The van der Waals surface area contributed by atoms with Crippen LogP contribution in [-0.2, 0) is 4.79 Å². The molecule has 1 aromatic heterocycles. The zero-order valence-corrected chi connectivity index (χ0v) is 17.6. The molecule has 2 N–H and O–H groups in total. The highest BCUT2D eigenvalue weighted by molar-refractivity contribution is 7.14. The number of carbonyl (C=O) groups is 1. The van der Waals surface area contributed by atoms with Gasteiger partial charge in [-0.05, 0) is 37.1 Å². The lowest BCUT2D eigenvalue weighted by atomic mass is 9.98. The summed E-state index contributed by atoms with van der Waals surface area (Å²) >= 11 is 1.41. The number of benzene rings is 2. The number of nitrogens with one attached hydrogen (secondary N) is 2. The van der Waals surface area contributed by atoms with Crippen molar-refractivity contribution in [3.8, 4) is 11.3 Å². The Morgan fingerprint density at radius 2 is 2.00 bits per heavy atom. The zero-order chi connectivity index (χ0) is 20.6. The highest BCUT2D eigenvalue weighted by atomic mass is 32.1. The summed E-state index contributed by atoms with van der Waals surface area (Å²) in [6.45, 7) is 4.19. The summed E-state index contributed by atoms with van der Waals surface area (Å²) in [5, 5.41) is 8.58. The minimum atomic E-state index is -0.317. The van der Waals surface area contributed by atoms with Crippen molar-refractivity contribution in [2.75, 3.05) is 10.6 Å². The van der Waals surface area contributed by atoms with Crippen molar-refractivity contribution in [2.45, 2.75) is 39.5 Å². The summed E-state index contributed by atoms with van der Waals surface area (Å²) < 4.78 is 13.8. The fourth-order valence-electron chi connectivity index (χ4n) is 3.11. The van der Waals surface area contributed by atoms with Crippen LogP contribution >= 0.6 is 11.3 Å². The predicted octanol–water partition coefficient (Wildman–Crippen LogP) is 6.85. The summed E-state index contributed by atoms with van der Waals surface area (Å²) in [7, 11) is 0. The molecule has 152 valence electrons. The average Bonchev–Trinajstić information content (AvgIpc) is 3.19. The molecule has 0 saturated heterocycles. The predicted molar refractivity (Wildman–Crippen MR) is 119 cm³/mol. The molecule has 0 aliphatic rings. The van der Waals surface area contributed by atoms with Crippen LogP contribution in [0.25, 0.3) is 11.3 Å². The Hall–Kier alpha value is -2.73. The van der Waals surface area contributed by atoms with Gasteiger partial charge >= 0.3 is 0 Å². The van der Waals surface area contributed by atoms with Gasteiger partial charge in [0.15, 0.2) is 5.13 Å². The van der Waals surface area contributed by atoms with Gasteiger partial charge in [0.1, 0.15) is 5.82 Å². The molecule has 3 rings (SSSR count). The fourth-order valence-corrected chi connectivity index (χ4v) is 3.85. The van der Waals surface area contributed by atoms with Crippen LogP contribution < -0.4 is 10.6 Å². The zero-order valence-electron chi connectivity index (χ0n) is 16.7. The standard InChI is InChI=1S/C23H26FN3OS/c1-3-5-9-16(4-2)22(28)25-18-11-8-10-17(14-18)21-15-29-23(27-21)26-20-13-7-6-12-19(20)24/h6-8,10-16H,3-5,9H2,1-2H3,(H,25,28)(H,26,27)/t16-/m0/s1. The Labute approximate surface area is 175 Å². The number of thiazole rings is 1. The van der Waals surface area contributed by atoms with Crippen LogP contribution in [0.5, 0.6) is 0 Å². The third-order valence-electron chi connectivity index (χ3n) is 4.82. The number of hydrogen-bond donors (Lipinski definition) is 2. The van der Waals surface area contributed by atoms with Crippen molar-refractivity contribution in [2.24, 2.45) is 5.92 Å². The van der Waals surface area contributed by atoms with Gasteiger partial charge in [0.2, 0.25) is 5.91 Å². The molecule has 0 spiro atoms. The Morgan fingerprint density at radius 3 is 2.76 bits per heavy atom. The van der Waals surface area contributed by atoms with Gasteiger partial charge < -0.3 is 10.6 Å². The first-order valence-corrected chi connectivity index (χ1v) is 10.9. The van der Waals surface area contributed by atoms with Crippen molar-refractivity contribution in [3.63, 3.8) is 0 Å². The van der Waals surface area contributed by atoms with Crippen molar-refractivity contribution < 1.29 is 9.18 Å². The van der Waals surface area contributed by atoms with E-state index in [1.165, 1.54) is 17.4 Å². The summed E-state index contributed by atoms with van der Waals surface area (Å²) in [4.78, 5) is 17.1. The monoisotopic (exact) mass is 411 g/mol. The number of hydrogen-bond acceptors (Lipinski definition) is 4. The van der Waals surface area contributed by atoms with Crippen LogP contribution in [0.15, 0.2) is 53.9 Å². The van der Waals surface area contributed by atoms with Gasteiger partial charge in [0, 0.05) is 22.5 Å². The van der Waals surface area contributed by atoms with E-state index in [9.17, 15) is 9.18 Å². The lowest BCUT2D eigenvalue weighted by molar-refractivity contribution is -0.120. The Kier molecular flexibility index (Phi) is 7.36. The number of amides is 1. The van der Waals surface area contributed by atoms with Crippen LogP contribution in [0.4, 0.5) is 20.9 Å². The Balaban J connectivity index is 1.70.